The first-order chi connectivity index (χ1) is 11.6. The van der Waals surface area contributed by atoms with Gasteiger partial charge in [-0.05, 0) is 69.3 Å². The second-order valence-electron chi connectivity index (χ2n) is 7.80. The molecule has 3 aliphatic rings. The first-order valence-corrected chi connectivity index (χ1v) is 9.50. The third-order valence-electron chi connectivity index (χ3n) is 5.75. The normalized spacial score (nSPS) is 25.6. The molecule has 4 rings (SSSR count). The molecule has 0 aromatic heterocycles. The van der Waals surface area contributed by atoms with E-state index in [1.54, 1.807) is 0 Å². The molecule has 2 heterocycles. The van der Waals surface area contributed by atoms with Crippen molar-refractivity contribution in [2.24, 2.45) is 5.92 Å². The number of anilines is 1. The van der Waals surface area contributed by atoms with Crippen LogP contribution in [0.1, 0.15) is 56.3 Å². The molecule has 1 aromatic rings. The predicted molar refractivity (Wildman–Crippen MR) is 95.1 cm³/mol. The summed E-state index contributed by atoms with van der Waals surface area (Å²) in [6.45, 7) is 5.05. The van der Waals surface area contributed by atoms with E-state index in [1.165, 1.54) is 24.8 Å². The van der Waals surface area contributed by atoms with Crippen LogP contribution in [0.5, 0.6) is 0 Å². The molecule has 2 aliphatic heterocycles. The molecule has 4 heteroatoms. The number of aliphatic hydroxyl groups is 1. The number of nitrogens with zero attached hydrogens (tertiary/aromatic N) is 2. The number of rotatable bonds is 4. The van der Waals surface area contributed by atoms with Gasteiger partial charge in [-0.1, -0.05) is 18.6 Å². The van der Waals surface area contributed by atoms with Crippen molar-refractivity contribution in [1.29, 1.82) is 0 Å². The number of fused-ring (bicyclic) bond motifs is 1. The fourth-order valence-corrected chi connectivity index (χ4v) is 4.21. The lowest BCUT2D eigenvalue weighted by Gasteiger charge is -2.28. The van der Waals surface area contributed by atoms with E-state index in [-0.39, 0.29) is 12.0 Å². The summed E-state index contributed by atoms with van der Waals surface area (Å²) in [7, 11) is 0. The summed E-state index contributed by atoms with van der Waals surface area (Å²) in [6, 6.07) is 6.43. The molecule has 130 valence electrons. The van der Waals surface area contributed by atoms with Crippen LogP contribution < -0.4 is 4.90 Å². The van der Waals surface area contributed by atoms with Crippen LogP contribution in [0.25, 0.3) is 0 Å². The summed E-state index contributed by atoms with van der Waals surface area (Å²) < 4.78 is 0. The van der Waals surface area contributed by atoms with Gasteiger partial charge in [-0.15, -0.1) is 0 Å². The van der Waals surface area contributed by atoms with Crippen LogP contribution in [0.4, 0.5) is 5.69 Å². The van der Waals surface area contributed by atoms with Crippen LogP contribution in [0, 0.1) is 5.92 Å². The number of hydrogen-bond donors (Lipinski definition) is 1. The van der Waals surface area contributed by atoms with Crippen molar-refractivity contribution in [1.82, 2.24) is 4.90 Å². The minimum Gasteiger partial charge on any atom is -0.387 e. The molecule has 1 N–H and O–H groups in total. The molecular weight excluding hydrogens is 300 g/mol. The van der Waals surface area contributed by atoms with Crippen molar-refractivity contribution in [3.63, 3.8) is 0 Å². The molecule has 1 aliphatic carbocycles. The Morgan fingerprint density at radius 3 is 2.71 bits per heavy atom. The molecule has 24 heavy (non-hydrogen) atoms. The molecule has 4 nitrogen and oxygen atoms in total. The van der Waals surface area contributed by atoms with Gasteiger partial charge in [-0.3, -0.25) is 4.79 Å². The maximum atomic E-state index is 12.5. The van der Waals surface area contributed by atoms with Crippen LogP contribution in [0.15, 0.2) is 18.2 Å². The van der Waals surface area contributed by atoms with Crippen molar-refractivity contribution < 1.29 is 9.90 Å². The lowest BCUT2D eigenvalue weighted by atomic mass is 10.0. The molecule has 0 bridgehead atoms. The highest BCUT2D eigenvalue weighted by Gasteiger charge is 2.39. The predicted octanol–water partition coefficient (Wildman–Crippen LogP) is 2.89. The first kappa shape index (κ1) is 16.1. The molecule has 2 unspecified atom stereocenters. The third-order valence-corrected chi connectivity index (χ3v) is 5.75. The molecule has 1 saturated heterocycles. The molecule has 0 radical (unpaired) electrons. The van der Waals surface area contributed by atoms with Gasteiger partial charge in [-0.2, -0.15) is 0 Å². The van der Waals surface area contributed by atoms with Crippen molar-refractivity contribution in [3.05, 3.63) is 29.3 Å². The van der Waals surface area contributed by atoms with Crippen LogP contribution in [-0.4, -0.2) is 41.6 Å². The summed E-state index contributed by atoms with van der Waals surface area (Å²) in [5.41, 5.74) is 3.27. The minimum absolute atomic E-state index is 0.239. The SMILES string of the molecule is CC1Cc2cc(C(O)CN3CCCCC3)ccc2N1C(=O)C1CC1. The maximum absolute atomic E-state index is 12.5. The zero-order valence-corrected chi connectivity index (χ0v) is 14.6. The highest BCUT2D eigenvalue weighted by atomic mass is 16.3. The number of amides is 1. The number of likely N-dealkylation sites (tertiary alicyclic amines) is 1. The summed E-state index contributed by atoms with van der Waals surface area (Å²) in [5, 5.41) is 10.6. The average molecular weight is 328 g/mol. The van der Waals surface area contributed by atoms with E-state index in [1.807, 2.05) is 17.0 Å². The fraction of sp³-hybridized carbons (Fsp3) is 0.650. The quantitative estimate of drug-likeness (QED) is 0.924. The number of benzene rings is 1. The Bertz CT molecular complexity index is 620. The lowest BCUT2D eigenvalue weighted by Crippen LogP contribution is -2.36. The molecule has 1 amide bonds. The van der Waals surface area contributed by atoms with E-state index in [0.29, 0.717) is 5.91 Å². The maximum Gasteiger partial charge on any atom is 0.230 e. The van der Waals surface area contributed by atoms with Crippen molar-refractivity contribution in [3.8, 4) is 0 Å². The Kier molecular flexibility index (Phi) is 4.35. The Hall–Kier alpha value is -1.39. The molecule has 1 saturated carbocycles. The summed E-state index contributed by atoms with van der Waals surface area (Å²) in [6.07, 6.45) is 6.36. The summed E-state index contributed by atoms with van der Waals surface area (Å²) in [5.74, 6) is 0.547. The van der Waals surface area contributed by atoms with Crippen molar-refractivity contribution in [2.75, 3.05) is 24.5 Å². The van der Waals surface area contributed by atoms with Gasteiger partial charge in [0.25, 0.3) is 0 Å². The third kappa shape index (κ3) is 3.09. The Balaban J connectivity index is 1.49. The van der Waals surface area contributed by atoms with Gasteiger partial charge in [-0.25, -0.2) is 0 Å². The average Bonchev–Trinajstić information content (AvgIpc) is 3.37. The summed E-state index contributed by atoms with van der Waals surface area (Å²) in [4.78, 5) is 16.9. The molecular formula is C20H28N2O2. The number of carbonyl (C=O) groups is 1. The van der Waals surface area contributed by atoms with Crippen LogP contribution in [0.2, 0.25) is 0 Å². The van der Waals surface area contributed by atoms with Gasteiger partial charge in [0.05, 0.1) is 6.10 Å². The lowest BCUT2D eigenvalue weighted by molar-refractivity contribution is -0.120. The van der Waals surface area contributed by atoms with E-state index in [2.05, 4.69) is 17.9 Å². The monoisotopic (exact) mass is 328 g/mol. The van der Waals surface area contributed by atoms with Gasteiger partial charge in [0, 0.05) is 24.2 Å². The number of hydrogen-bond acceptors (Lipinski definition) is 3. The van der Waals surface area contributed by atoms with Crippen LogP contribution in [-0.2, 0) is 11.2 Å². The van der Waals surface area contributed by atoms with Gasteiger partial charge >= 0.3 is 0 Å². The standard InChI is InChI=1S/C20H28N2O2/c1-14-11-17-12-16(19(23)13-21-9-3-2-4-10-21)7-8-18(17)22(14)20(24)15-5-6-15/h7-8,12,14-15,19,23H,2-6,9-11,13H2,1H3. The van der Waals surface area contributed by atoms with Crippen LogP contribution in [0.3, 0.4) is 0 Å². The number of aliphatic hydroxyl groups excluding tert-OH is 1. The second kappa shape index (κ2) is 6.49. The molecule has 0 spiro atoms. The van der Waals surface area contributed by atoms with Gasteiger partial charge < -0.3 is 14.9 Å². The number of piperidine rings is 1. The van der Waals surface area contributed by atoms with Crippen molar-refractivity contribution >= 4 is 11.6 Å². The van der Waals surface area contributed by atoms with E-state index >= 15 is 0 Å². The molecule has 2 atom stereocenters. The van der Waals surface area contributed by atoms with Crippen molar-refractivity contribution in [2.45, 2.75) is 57.6 Å². The highest BCUT2D eigenvalue weighted by molar-refractivity contribution is 5.98. The smallest absolute Gasteiger partial charge is 0.230 e. The Labute approximate surface area is 144 Å². The zero-order valence-electron chi connectivity index (χ0n) is 14.6. The summed E-state index contributed by atoms with van der Waals surface area (Å²) >= 11 is 0. The molecule has 1 aromatic carbocycles. The Morgan fingerprint density at radius 1 is 1.25 bits per heavy atom. The van der Waals surface area contributed by atoms with Gasteiger partial charge in [0.15, 0.2) is 0 Å². The number of carbonyl (C=O) groups excluding carboxylic acids is 1. The van der Waals surface area contributed by atoms with E-state index < -0.39 is 6.10 Å². The largest absolute Gasteiger partial charge is 0.387 e. The number of β-amino-alcohol motifs (C(OH)–C–C–N with tert-alkyl or cyclic N) is 1. The Morgan fingerprint density at radius 2 is 2.00 bits per heavy atom. The topological polar surface area (TPSA) is 43.8 Å². The fourth-order valence-electron chi connectivity index (χ4n) is 4.21. The first-order valence-electron chi connectivity index (χ1n) is 9.50. The van der Waals surface area contributed by atoms with Gasteiger partial charge in [0.2, 0.25) is 5.91 Å². The van der Waals surface area contributed by atoms with E-state index in [9.17, 15) is 9.90 Å². The van der Waals surface area contributed by atoms with Crippen LogP contribution >= 0.6 is 0 Å². The van der Waals surface area contributed by atoms with E-state index in [0.717, 1.165) is 50.1 Å². The zero-order chi connectivity index (χ0) is 16.7. The molecule has 2 fully saturated rings. The minimum atomic E-state index is -0.433. The van der Waals surface area contributed by atoms with E-state index in [4.69, 9.17) is 0 Å². The van der Waals surface area contributed by atoms with Gasteiger partial charge in [0.1, 0.15) is 0 Å². The second-order valence-corrected chi connectivity index (χ2v) is 7.80. The highest BCUT2D eigenvalue weighted by Crippen LogP contribution is 2.39.